The molecule has 1 fully saturated rings. The summed E-state index contributed by atoms with van der Waals surface area (Å²) in [7, 11) is 4.16. The summed E-state index contributed by atoms with van der Waals surface area (Å²) in [6, 6.07) is 8.23. The molecule has 1 saturated carbocycles. The molecule has 0 aromatic heterocycles. The van der Waals surface area contributed by atoms with E-state index in [4.69, 9.17) is 4.74 Å². The van der Waals surface area contributed by atoms with Crippen LogP contribution >= 0.6 is 0 Å². The van der Waals surface area contributed by atoms with Crippen molar-refractivity contribution in [2.75, 3.05) is 27.2 Å². The summed E-state index contributed by atoms with van der Waals surface area (Å²) in [6.07, 6.45) is 10.4. The van der Waals surface area contributed by atoms with Gasteiger partial charge in [-0.15, -0.1) is 0 Å². The predicted molar refractivity (Wildman–Crippen MR) is 105 cm³/mol. The van der Waals surface area contributed by atoms with Gasteiger partial charge in [-0.2, -0.15) is 0 Å². The standard InChI is InChI=1S/C22H37NO2/c1-4-5-9-18-25-21-14-12-20(13-15-21)22(24,16-17-23(2)3)19-10-7-6-8-11-19/h12-15,19,24H,4-11,16-18H2,1-3H3/t22-/m0/s1. The van der Waals surface area contributed by atoms with Crippen LogP contribution in [0.1, 0.15) is 70.3 Å². The molecule has 1 N–H and O–H groups in total. The largest absolute Gasteiger partial charge is 0.494 e. The minimum atomic E-state index is -0.717. The molecule has 0 radical (unpaired) electrons. The molecule has 0 amide bonds. The number of unbranched alkanes of at least 4 members (excludes halogenated alkanes) is 2. The second-order valence-electron chi connectivity index (χ2n) is 7.89. The van der Waals surface area contributed by atoms with Crippen molar-refractivity contribution in [2.45, 2.75) is 70.3 Å². The van der Waals surface area contributed by atoms with Crippen molar-refractivity contribution in [2.24, 2.45) is 5.92 Å². The van der Waals surface area contributed by atoms with Crippen molar-refractivity contribution in [1.82, 2.24) is 4.90 Å². The van der Waals surface area contributed by atoms with E-state index < -0.39 is 5.60 Å². The van der Waals surface area contributed by atoms with E-state index in [1.54, 1.807) is 0 Å². The topological polar surface area (TPSA) is 32.7 Å². The lowest BCUT2D eigenvalue weighted by Gasteiger charge is -2.40. The van der Waals surface area contributed by atoms with Crippen molar-refractivity contribution < 1.29 is 9.84 Å². The fourth-order valence-electron chi connectivity index (χ4n) is 3.94. The van der Waals surface area contributed by atoms with E-state index in [9.17, 15) is 5.11 Å². The molecule has 1 aromatic carbocycles. The minimum Gasteiger partial charge on any atom is -0.494 e. The number of aliphatic hydroxyl groups is 1. The third-order valence-electron chi connectivity index (χ3n) is 5.59. The van der Waals surface area contributed by atoms with E-state index in [0.29, 0.717) is 5.92 Å². The molecule has 1 aliphatic rings. The van der Waals surface area contributed by atoms with Crippen molar-refractivity contribution in [3.63, 3.8) is 0 Å². The van der Waals surface area contributed by atoms with Crippen LogP contribution in [-0.4, -0.2) is 37.3 Å². The summed E-state index contributed by atoms with van der Waals surface area (Å²) in [5.41, 5.74) is 0.341. The van der Waals surface area contributed by atoms with Gasteiger partial charge in [-0.25, -0.2) is 0 Å². The summed E-state index contributed by atoms with van der Waals surface area (Å²) >= 11 is 0. The van der Waals surface area contributed by atoms with Gasteiger partial charge in [0.25, 0.3) is 0 Å². The Morgan fingerprint density at radius 2 is 1.76 bits per heavy atom. The summed E-state index contributed by atoms with van der Waals surface area (Å²) < 4.78 is 5.83. The van der Waals surface area contributed by atoms with Crippen LogP contribution in [0.3, 0.4) is 0 Å². The first-order chi connectivity index (χ1) is 12.1. The van der Waals surface area contributed by atoms with Gasteiger partial charge in [0.2, 0.25) is 0 Å². The van der Waals surface area contributed by atoms with E-state index >= 15 is 0 Å². The number of benzene rings is 1. The minimum absolute atomic E-state index is 0.373. The number of rotatable bonds is 10. The van der Waals surface area contributed by atoms with Gasteiger partial charge in [-0.3, -0.25) is 0 Å². The quantitative estimate of drug-likeness (QED) is 0.606. The molecule has 3 nitrogen and oxygen atoms in total. The SMILES string of the molecule is CCCCCOc1ccc([C@](O)(CCN(C)C)C2CCCCC2)cc1. The van der Waals surface area contributed by atoms with Crippen molar-refractivity contribution in [1.29, 1.82) is 0 Å². The zero-order valence-electron chi connectivity index (χ0n) is 16.5. The lowest BCUT2D eigenvalue weighted by Crippen LogP contribution is -2.39. The molecule has 25 heavy (non-hydrogen) atoms. The van der Waals surface area contributed by atoms with Gasteiger partial charge in [0.15, 0.2) is 0 Å². The Morgan fingerprint density at radius 1 is 1.08 bits per heavy atom. The average Bonchev–Trinajstić information content (AvgIpc) is 2.64. The van der Waals surface area contributed by atoms with Crippen molar-refractivity contribution in [3.8, 4) is 5.75 Å². The Labute approximate surface area is 154 Å². The van der Waals surface area contributed by atoms with E-state index in [0.717, 1.165) is 50.1 Å². The van der Waals surface area contributed by atoms with Crippen LogP contribution in [0.2, 0.25) is 0 Å². The fourth-order valence-corrected chi connectivity index (χ4v) is 3.94. The molecule has 3 heteroatoms. The maximum Gasteiger partial charge on any atom is 0.119 e. The van der Waals surface area contributed by atoms with Crippen molar-refractivity contribution >= 4 is 0 Å². The number of hydrogen-bond donors (Lipinski definition) is 1. The molecule has 0 bridgehead atoms. The van der Waals surface area contributed by atoms with Gasteiger partial charge in [-0.1, -0.05) is 51.2 Å². The first kappa shape index (κ1) is 20.3. The van der Waals surface area contributed by atoms with Crippen LogP contribution < -0.4 is 4.74 Å². The van der Waals surface area contributed by atoms with E-state index in [1.807, 2.05) is 12.1 Å². The van der Waals surface area contributed by atoms with Crippen LogP contribution in [0.4, 0.5) is 0 Å². The zero-order chi connectivity index (χ0) is 18.1. The second kappa shape index (κ2) is 10.2. The van der Waals surface area contributed by atoms with Crippen LogP contribution in [0.5, 0.6) is 5.75 Å². The molecule has 0 saturated heterocycles. The molecule has 1 atom stereocenters. The monoisotopic (exact) mass is 347 g/mol. The molecule has 1 aliphatic carbocycles. The third kappa shape index (κ3) is 6.00. The number of ether oxygens (including phenoxy) is 1. The number of nitrogens with zero attached hydrogens (tertiary/aromatic N) is 1. The van der Waals surface area contributed by atoms with E-state index in [-0.39, 0.29) is 0 Å². The maximum atomic E-state index is 11.6. The van der Waals surface area contributed by atoms with Crippen LogP contribution in [0, 0.1) is 5.92 Å². The van der Waals surface area contributed by atoms with Crippen LogP contribution in [0.15, 0.2) is 24.3 Å². The second-order valence-corrected chi connectivity index (χ2v) is 7.89. The third-order valence-corrected chi connectivity index (χ3v) is 5.59. The lowest BCUT2D eigenvalue weighted by molar-refractivity contribution is -0.0500. The van der Waals surface area contributed by atoms with Gasteiger partial charge in [0.05, 0.1) is 12.2 Å². The van der Waals surface area contributed by atoms with Gasteiger partial charge < -0.3 is 14.7 Å². The molecule has 142 valence electrons. The Bertz CT molecular complexity index is 479. The maximum absolute atomic E-state index is 11.6. The molecule has 1 aromatic rings. The lowest BCUT2D eigenvalue weighted by atomic mass is 9.71. The molecule has 0 aliphatic heterocycles. The van der Waals surface area contributed by atoms with Gasteiger partial charge >= 0.3 is 0 Å². The molecule has 2 rings (SSSR count). The predicted octanol–water partition coefficient (Wildman–Crippen LogP) is 4.98. The smallest absolute Gasteiger partial charge is 0.119 e. The Hall–Kier alpha value is -1.06. The Morgan fingerprint density at radius 3 is 2.36 bits per heavy atom. The van der Waals surface area contributed by atoms with Crippen LogP contribution in [-0.2, 0) is 5.60 Å². The summed E-state index contributed by atoms with van der Waals surface area (Å²) in [5, 5.41) is 11.6. The highest BCUT2D eigenvalue weighted by atomic mass is 16.5. The van der Waals surface area contributed by atoms with Gasteiger partial charge in [-0.05, 0) is 63.4 Å². The molecule has 0 spiro atoms. The van der Waals surface area contributed by atoms with E-state index in [1.165, 1.54) is 32.1 Å². The average molecular weight is 348 g/mol. The normalized spacial score (nSPS) is 18.3. The molecular formula is C22H37NO2. The van der Waals surface area contributed by atoms with E-state index in [2.05, 4.69) is 38.1 Å². The Kier molecular flexibility index (Phi) is 8.25. The first-order valence-electron chi connectivity index (χ1n) is 10.2. The Balaban J connectivity index is 2.07. The highest BCUT2D eigenvalue weighted by molar-refractivity contribution is 5.31. The zero-order valence-corrected chi connectivity index (χ0v) is 16.5. The van der Waals surface area contributed by atoms with Crippen molar-refractivity contribution in [3.05, 3.63) is 29.8 Å². The summed E-state index contributed by atoms with van der Waals surface area (Å²) in [6.45, 7) is 3.89. The molecule has 0 heterocycles. The van der Waals surface area contributed by atoms with Gasteiger partial charge in [0, 0.05) is 6.54 Å². The number of hydrogen-bond acceptors (Lipinski definition) is 3. The highest BCUT2D eigenvalue weighted by Crippen LogP contribution is 2.42. The fraction of sp³-hybridized carbons (Fsp3) is 0.727. The summed E-state index contributed by atoms with van der Waals surface area (Å²) in [5.74, 6) is 1.29. The van der Waals surface area contributed by atoms with Crippen LogP contribution in [0.25, 0.3) is 0 Å². The summed E-state index contributed by atoms with van der Waals surface area (Å²) in [4.78, 5) is 2.17. The van der Waals surface area contributed by atoms with Gasteiger partial charge in [0.1, 0.15) is 5.75 Å². The molecule has 0 unspecified atom stereocenters. The molecular weight excluding hydrogens is 310 g/mol. The first-order valence-corrected chi connectivity index (χ1v) is 10.2. The highest BCUT2D eigenvalue weighted by Gasteiger charge is 2.38.